The zero-order chi connectivity index (χ0) is 24.8. The van der Waals surface area contributed by atoms with Crippen LogP contribution in [0, 0.1) is 17.6 Å². The Morgan fingerprint density at radius 2 is 1.44 bits per heavy atom. The number of ketones is 1. The molecule has 0 saturated carbocycles. The van der Waals surface area contributed by atoms with Crippen molar-refractivity contribution < 1.29 is 23.2 Å². The van der Waals surface area contributed by atoms with Crippen molar-refractivity contribution >= 4 is 30.0 Å². The van der Waals surface area contributed by atoms with Gasteiger partial charge in [0, 0.05) is 30.1 Å². The summed E-state index contributed by atoms with van der Waals surface area (Å²) in [5.74, 6) is -1.11. The van der Waals surface area contributed by atoms with Crippen molar-refractivity contribution in [3.8, 4) is 0 Å². The highest BCUT2D eigenvalue weighted by molar-refractivity contribution is 5.99. The maximum absolute atomic E-state index is 13.9. The fraction of sp³-hybridized carbons (Fsp3) is 0.444. The zero-order valence-corrected chi connectivity index (χ0v) is 21.0. The highest BCUT2D eigenvalue weighted by Crippen LogP contribution is 2.22. The lowest BCUT2D eigenvalue weighted by atomic mass is 9.89. The van der Waals surface area contributed by atoms with Crippen LogP contribution in [0.2, 0.25) is 0 Å². The minimum Gasteiger partial charge on any atom is -0.303 e. The Bertz CT molecular complexity index is 1040. The first-order chi connectivity index (χ1) is 16.9. The molecule has 194 valence electrons. The Labute approximate surface area is 216 Å². The molecule has 0 aliphatic carbocycles. The lowest BCUT2D eigenvalue weighted by Gasteiger charge is -2.33. The van der Waals surface area contributed by atoms with Gasteiger partial charge in [-0.3, -0.25) is 24.2 Å². The fourth-order valence-corrected chi connectivity index (χ4v) is 4.85. The molecule has 0 radical (unpaired) electrons. The Hall–Kier alpha value is -2.68. The second-order valence-electron chi connectivity index (χ2n) is 9.37. The first-order valence-corrected chi connectivity index (χ1v) is 12.2. The van der Waals surface area contributed by atoms with Crippen LogP contribution < -0.4 is 0 Å². The molecule has 0 atom stereocenters. The SMILES string of the molecule is Cl.O=C(c1ccc(F)cc1)C1CCN(CCCCN2C(=O)CN(Cc3ccccc3F)CC2=O)CC1. The highest BCUT2D eigenvalue weighted by atomic mass is 35.5. The van der Waals surface area contributed by atoms with Crippen molar-refractivity contribution in [2.75, 3.05) is 39.3 Å². The van der Waals surface area contributed by atoms with E-state index in [1.54, 1.807) is 35.2 Å². The van der Waals surface area contributed by atoms with E-state index in [1.165, 1.54) is 23.1 Å². The molecule has 2 aromatic carbocycles. The van der Waals surface area contributed by atoms with Gasteiger partial charge in [0.1, 0.15) is 11.6 Å². The fourth-order valence-electron chi connectivity index (χ4n) is 4.85. The molecule has 0 bridgehead atoms. The number of benzene rings is 2. The van der Waals surface area contributed by atoms with Gasteiger partial charge in [0.25, 0.3) is 0 Å². The van der Waals surface area contributed by atoms with E-state index in [-0.39, 0.29) is 67.2 Å². The molecule has 2 saturated heterocycles. The third-order valence-electron chi connectivity index (χ3n) is 6.86. The van der Waals surface area contributed by atoms with Crippen molar-refractivity contribution in [1.29, 1.82) is 0 Å². The molecule has 0 unspecified atom stereocenters. The number of imide groups is 1. The van der Waals surface area contributed by atoms with E-state index in [2.05, 4.69) is 4.90 Å². The summed E-state index contributed by atoms with van der Waals surface area (Å²) in [6.45, 7) is 3.34. The summed E-state index contributed by atoms with van der Waals surface area (Å²) in [6, 6.07) is 12.1. The van der Waals surface area contributed by atoms with Crippen molar-refractivity contribution in [3.63, 3.8) is 0 Å². The number of piperidine rings is 1. The number of likely N-dealkylation sites (tertiary alicyclic amines) is 1. The van der Waals surface area contributed by atoms with Crippen LogP contribution >= 0.6 is 12.4 Å². The maximum Gasteiger partial charge on any atom is 0.243 e. The monoisotopic (exact) mass is 519 g/mol. The van der Waals surface area contributed by atoms with Gasteiger partial charge in [0.2, 0.25) is 11.8 Å². The van der Waals surface area contributed by atoms with Crippen LogP contribution in [0.15, 0.2) is 48.5 Å². The summed E-state index contributed by atoms with van der Waals surface area (Å²) in [5, 5.41) is 0. The smallest absolute Gasteiger partial charge is 0.243 e. The Balaban J connectivity index is 0.00000361. The van der Waals surface area contributed by atoms with E-state index in [4.69, 9.17) is 0 Å². The summed E-state index contributed by atoms with van der Waals surface area (Å²) in [7, 11) is 0. The minimum absolute atomic E-state index is 0. The molecule has 0 spiro atoms. The van der Waals surface area contributed by atoms with Gasteiger partial charge >= 0.3 is 0 Å². The summed E-state index contributed by atoms with van der Waals surface area (Å²) in [4.78, 5) is 43.0. The number of Topliss-reactive ketones (excluding diaryl/α,β-unsaturated/α-hetero) is 1. The van der Waals surface area contributed by atoms with E-state index in [1.807, 2.05) is 0 Å². The van der Waals surface area contributed by atoms with Crippen LogP contribution in [0.25, 0.3) is 0 Å². The van der Waals surface area contributed by atoms with Gasteiger partial charge in [-0.25, -0.2) is 8.78 Å². The topological polar surface area (TPSA) is 60.9 Å². The molecule has 2 heterocycles. The van der Waals surface area contributed by atoms with Gasteiger partial charge in [0.15, 0.2) is 5.78 Å². The number of piperazine rings is 1. The number of amides is 2. The number of unbranched alkanes of at least 4 members (excludes halogenated alkanes) is 1. The number of nitrogens with zero attached hydrogens (tertiary/aromatic N) is 3. The lowest BCUT2D eigenvalue weighted by Crippen LogP contribution is -2.53. The Morgan fingerprint density at radius 1 is 0.833 bits per heavy atom. The third-order valence-corrected chi connectivity index (χ3v) is 6.86. The molecule has 0 aromatic heterocycles. The number of rotatable bonds is 9. The van der Waals surface area contributed by atoms with E-state index < -0.39 is 0 Å². The van der Waals surface area contributed by atoms with Crippen LogP contribution in [-0.2, 0) is 16.1 Å². The normalized spacial score (nSPS) is 17.8. The van der Waals surface area contributed by atoms with E-state index in [0.29, 0.717) is 17.7 Å². The predicted octanol–water partition coefficient (Wildman–Crippen LogP) is 3.93. The number of halogens is 3. The Kier molecular flexibility index (Phi) is 10.1. The van der Waals surface area contributed by atoms with Gasteiger partial charge in [-0.05, 0) is 75.6 Å². The van der Waals surface area contributed by atoms with Crippen LogP contribution in [0.5, 0.6) is 0 Å². The summed E-state index contributed by atoms with van der Waals surface area (Å²) >= 11 is 0. The third kappa shape index (κ3) is 7.18. The van der Waals surface area contributed by atoms with Crippen molar-refractivity contribution in [1.82, 2.24) is 14.7 Å². The van der Waals surface area contributed by atoms with Crippen LogP contribution in [0.1, 0.15) is 41.6 Å². The molecule has 9 heteroatoms. The largest absolute Gasteiger partial charge is 0.303 e. The lowest BCUT2D eigenvalue weighted by molar-refractivity contribution is -0.151. The summed E-state index contributed by atoms with van der Waals surface area (Å²) in [6.07, 6.45) is 3.13. The first kappa shape index (κ1) is 27.9. The molecule has 0 N–H and O–H groups in total. The highest BCUT2D eigenvalue weighted by Gasteiger charge is 2.31. The molecule has 6 nitrogen and oxygen atoms in total. The van der Waals surface area contributed by atoms with Crippen molar-refractivity contribution in [2.24, 2.45) is 5.92 Å². The molecule has 2 aromatic rings. The minimum atomic E-state index is -0.343. The molecule has 2 aliphatic heterocycles. The van der Waals surface area contributed by atoms with Gasteiger partial charge < -0.3 is 4.90 Å². The Morgan fingerprint density at radius 3 is 2.08 bits per heavy atom. The average molecular weight is 520 g/mol. The van der Waals surface area contributed by atoms with E-state index in [0.717, 1.165) is 45.3 Å². The molecule has 2 aliphatic rings. The van der Waals surface area contributed by atoms with Crippen molar-refractivity contribution in [2.45, 2.75) is 32.2 Å². The average Bonchev–Trinajstić information content (AvgIpc) is 2.85. The second-order valence-corrected chi connectivity index (χ2v) is 9.37. The quantitative estimate of drug-likeness (QED) is 0.285. The van der Waals surface area contributed by atoms with Crippen LogP contribution in [0.4, 0.5) is 8.78 Å². The maximum atomic E-state index is 13.9. The van der Waals surface area contributed by atoms with Crippen LogP contribution in [-0.4, -0.2) is 71.6 Å². The van der Waals surface area contributed by atoms with E-state index in [9.17, 15) is 23.2 Å². The van der Waals surface area contributed by atoms with Gasteiger partial charge in [-0.2, -0.15) is 0 Å². The molecule has 2 amide bonds. The molecule has 2 fully saturated rings. The standard InChI is InChI=1S/C27H31F2N3O3.ClH/c28-23-9-7-20(8-10-23)27(35)21-11-15-30(16-12-21)13-3-4-14-32-25(33)18-31(19-26(32)34)17-22-5-1-2-6-24(22)29;/h1-2,5-10,21H,3-4,11-19H2;1H. The number of carbonyl (C=O) groups is 3. The molecule has 36 heavy (non-hydrogen) atoms. The molecule has 4 rings (SSSR count). The molecular weight excluding hydrogens is 488 g/mol. The van der Waals surface area contributed by atoms with Gasteiger partial charge in [-0.1, -0.05) is 18.2 Å². The van der Waals surface area contributed by atoms with E-state index >= 15 is 0 Å². The summed E-state index contributed by atoms with van der Waals surface area (Å²) < 4.78 is 27.0. The van der Waals surface area contributed by atoms with Gasteiger partial charge in [0.05, 0.1) is 13.1 Å². The molecular formula is C27H32ClF2N3O3. The summed E-state index contributed by atoms with van der Waals surface area (Å²) in [5.41, 5.74) is 1.04. The number of hydrogen-bond acceptors (Lipinski definition) is 5. The number of carbonyl (C=O) groups excluding carboxylic acids is 3. The van der Waals surface area contributed by atoms with Crippen LogP contribution in [0.3, 0.4) is 0 Å². The zero-order valence-electron chi connectivity index (χ0n) is 20.2. The second kappa shape index (κ2) is 13.0. The first-order valence-electron chi connectivity index (χ1n) is 12.2. The van der Waals surface area contributed by atoms with Gasteiger partial charge in [-0.15, -0.1) is 12.4 Å². The predicted molar refractivity (Wildman–Crippen MR) is 135 cm³/mol. The van der Waals surface area contributed by atoms with Crippen molar-refractivity contribution in [3.05, 3.63) is 71.3 Å². The number of hydrogen-bond donors (Lipinski definition) is 0.